The molecule has 130 valence electrons. The maximum Gasteiger partial charge on any atom is 0.122 e. The van der Waals surface area contributed by atoms with E-state index in [1.54, 1.807) is 6.33 Å². The molecule has 0 aliphatic rings. The molecule has 3 aromatic rings. The van der Waals surface area contributed by atoms with Gasteiger partial charge in [-0.3, -0.25) is 0 Å². The lowest BCUT2D eigenvalue weighted by atomic mass is 10.1. The van der Waals surface area contributed by atoms with Crippen LogP contribution in [0, 0.1) is 13.8 Å². The highest BCUT2D eigenvalue weighted by molar-refractivity contribution is 5.77. The van der Waals surface area contributed by atoms with Crippen LogP contribution in [0.25, 0.3) is 11.0 Å². The number of aromatic nitrogens is 2. The quantitative estimate of drug-likeness (QED) is 0.667. The maximum absolute atomic E-state index is 10.4. The first kappa shape index (κ1) is 17.2. The summed E-state index contributed by atoms with van der Waals surface area (Å²) in [6.07, 6.45) is 3.76. The number of rotatable bonds is 7. The van der Waals surface area contributed by atoms with E-state index < -0.39 is 6.10 Å². The highest BCUT2D eigenvalue weighted by Crippen LogP contribution is 2.20. The number of aryl methyl sites for hydroxylation is 2. The minimum absolute atomic E-state index is 0.235. The Balaban J connectivity index is 1.68. The van der Waals surface area contributed by atoms with Crippen molar-refractivity contribution in [3.05, 3.63) is 72.1 Å². The summed E-state index contributed by atoms with van der Waals surface area (Å²) in [4.78, 5) is 4.43. The van der Waals surface area contributed by atoms with Crippen molar-refractivity contribution in [1.29, 1.82) is 0 Å². The molecule has 0 unspecified atom stereocenters. The van der Waals surface area contributed by atoms with Gasteiger partial charge in [-0.2, -0.15) is 0 Å². The number of nitrogens with zero attached hydrogens (tertiary/aromatic N) is 2. The Morgan fingerprint density at radius 1 is 1.24 bits per heavy atom. The molecule has 0 saturated carbocycles. The van der Waals surface area contributed by atoms with Gasteiger partial charge in [0.05, 0.1) is 23.9 Å². The van der Waals surface area contributed by atoms with Gasteiger partial charge in [-0.05, 0) is 55.2 Å². The Morgan fingerprint density at radius 2 is 2.00 bits per heavy atom. The van der Waals surface area contributed by atoms with Crippen LogP contribution in [0.1, 0.15) is 16.7 Å². The average molecular weight is 336 g/mol. The molecule has 1 N–H and O–H groups in total. The van der Waals surface area contributed by atoms with E-state index in [-0.39, 0.29) is 6.61 Å². The Labute approximate surface area is 148 Å². The van der Waals surface area contributed by atoms with Gasteiger partial charge in [0.25, 0.3) is 0 Å². The maximum atomic E-state index is 10.4. The van der Waals surface area contributed by atoms with Crippen LogP contribution in [0.3, 0.4) is 0 Å². The molecule has 1 atom stereocenters. The number of allylic oxidation sites excluding steroid dienone is 1. The van der Waals surface area contributed by atoms with Gasteiger partial charge < -0.3 is 14.4 Å². The topological polar surface area (TPSA) is 47.3 Å². The van der Waals surface area contributed by atoms with Crippen molar-refractivity contribution in [1.82, 2.24) is 9.55 Å². The average Bonchev–Trinajstić information content (AvgIpc) is 2.96. The van der Waals surface area contributed by atoms with Crippen molar-refractivity contribution >= 4 is 11.0 Å². The number of aliphatic hydroxyl groups is 1. The molecule has 0 fully saturated rings. The van der Waals surface area contributed by atoms with Crippen molar-refractivity contribution in [2.45, 2.75) is 32.9 Å². The van der Waals surface area contributed by atoms with Crippen molar-refractivity contribution in [2.75, 3.05) is 6.61 Å². The molecule has 4 nitrogen and oxygen atoms in total. The van der Waals surface area contributed by atoms with Crippen LogP contribution in [0.15, 0.2) is 55.4 Å². The van der Waals surface area contributed by atoms with E-state index in [9.17, 15) is 5.11 Å². The Morgan fingerprint density at radius 3 is 2.80 bits per heavy atom. The second kappa shape index (κ2) is 7.53. The second-order valence-electron chi connectivity index (χ2n) is 6.39. The summed E-state index contributed by atoms with van der Waals surface area (Å²) in [6.45, 7) is 8.62. The van der Waals surface area contributed by atoms with Crippen LogP contribution in [-0.4, -0.2) is 27.4 Å². The van der Waals surface area contributed by atoms with Crippen molar-refractivity contribution in [3.8, 4) is 5.75 Å². The molecule has 2 aromatic carbocycles. The van der Waals surface area contributed by atoms with Gasteiger partial charge in [-0.15, -0.1) is 6.58 Å². The Bertz CT molecular complexity index is 883. The first-order valence-corrected chi connectivity index (χ1v) is 8.50. The number of hydrogen-bond acceptors (Lipinski definition) is 3. The number of benzene rings is 2. The zero-order valence-corrected chi connectivity index (χ0v) is 14.8. The summed E-state index contributed by atoms with van der Waals surface area (Å²) in [6, 6.07) is 12.0. The lowest BCUT2D eigenvalue weighted by Crippen LogP contribution is -2.23. The summed E-state index contributed by atoms with van der Waals surface area (Å²) in [5.74, 6) is 0.795. The largest absolute Gasteiger partial charge is 0.491 e. The lowest BCUT2D eigenvalue weighted by molar-refractivity contribution is 0.0930. The van der Waals surface area contributed by atoms with Crippen LogP contribution in [0.2, 0.25) is 0 Å². The molecule has 4 heteroatoms. The van der Waals surface area contributed by atoms with E-state index in [2.05, 4.69) is 37.5 Å². The molecule has 1 heterocycles. The van der Waals surface area contributed by atoms with Crippen LogP contribution in [-0.2, 0) is 13.0 Å². The Kier molecular flexibility index (Phi) is 5.19. The normalized spacial score (nSPS) is 12.3. The number of para-hydroxylation sites is 1. The van der Waals surface area contributed by atoms with E-state index >= 15 is 0 Å². The summed E-state index contributed by atoms with van der Waals surface area (Å²) < 4.78 is 7.80. The number of ether oxygens (including phenoxy) is 1. The summed E-state index contributed by atoms with van der Waals surface area (Å²) in [5.41, 5.74) is 5.50. The molecule has 25 heavy (non-hydrogen) atoms. The van der Waals surface area contributed by atoms with Crippen molar-refractivity contribution in [3.63, 3.8) is 0 Å². The predicted octanol–water partition coefficient (Wildman–Crippen LogP) is 3.82. The van der Waals surface area contributed by atoms with E-state index in [1.807, 2.05) is 34.9 Å². The van der Waals surface area contributed by atoms with Gasteiger partial charge in [0.15, 0.2) is 0 Å². The van der Waals surface area contributed by atoms with Gasteiger partial charge in [-0.25, -0.2) is 4.98 Å². The molecular weight excluding hydrogens is 312 g/mol. The van der Waals surface area contributed by atoms with Crippen molar-refractivity contribution in [2.24, 2.45) is 0 Å². The lowest BCUT2D eigenvalue weighted by Gasteiger charge is -2.15. The standard InChI is InChI=1S/C21H24N2O2/c1-4-7-17-8-5-6-9-21(17)25-13-18(24)12-23-14-22-19-10-15(2)16(3)11-20(19)23/h4-6,8-11,14,18,24H,1,7,12-13H2,2-3H3/t18-/m1/s1. The molecule has 0 aliphatic carbocycles. The van der Waals surface area contributed by atoms with Gasteiger partial charge in [0.2, 0.25) is 0 Å². The number of imidazole rings is 1. The van der Waals surface area contributed by atoms with Crippen LogP contribution in [0.4, 0.5) is 0 Å². The van der Waals surface area contributed by atoms with Gasteiger partial charge in [-0.1, -0.05) is 24.3 Å². The van der Waals surface area contributed by atoms with E-state index in [1.165, 1.54) is 11.1 Å². The predicted molar refractivity (Wildman–Crippen MR) is 101 cm³/mol. The summed E-state index contributed by atoms with van der Waals surface area (Å²) in [5, 5.41) is 10.4. The van der Waals surface area contributed by atoms with E-state index in [0.29, 0.717) is 6.54 Å². The van der Waals surface area contributed by atoms with Crippen LogP contribution >= 0.6 is 0 Å². The fourth-order valence-corrected chi connectivity index (χ4v) is 2.89. The minimum atomic E-state index is -0.615. The number of fused-ring (bicyclic) bond motifs is 1. The molecule has 0 spiro atoms. The number of aliphatic hydroxyl groups excluding tert-OH is 1. The fourth-order valence-electron chi connectivity index (χ4n) is 2.89. The highest BCUT2D eigenvalue weighted by atomic mass is 16.5. The molecular formula is C21H24N2O2. The van der Waals surface area contributed by atoms with Crippen LogP contribution in [0.5, 0.6) is 5.75 Å². The third kappa shape index (κ3) is 3.91. The molecule has 0 saturated heterocycles. The van der Waals surface area contributed by atoms with Gasteiger partial charge in [0, 0.05) is 0 Å². The molecule has 0 amide bonds. The zero-order chi connectivity index (χ0) is 17.8. The van der Waals surface area contributed by atoms with Gasteiger partial charge >= 0.3 is 0 Å². The first-order chi connectivity index (χ1) is 12.1. The third-order valence-electron chi connectivity index (χ3n) is 4.41. The monoisotopic (exact) mass is 336 g/mol. The molecule has 1 aromatic heterocycles. The molecule has 3 rings (SSSR count). The Hall–Kier alpha value is -2.59. The zero-order valence-electron chi connectivity index (χ0n) is 14.8. The van der Waals surface area contributed by atoms with Gasteiger partial charge in [0.1, 0.15) is 18.5 Å². The molecule has 0 bridgehead atoms. The SMILES string of the molecule is C=CCc1ccccc1OC[C@H](O)Cn1cnc2cc(C)c(C)cc21. The van der Waals surface area contributed by atoms with E-state index in [4.69, 9.17) is 4.74 Å². The van der Waals surface area contributed by atoms with E-state index in [0.717, 1.165) is 28.8 Å². The van der Waals surface area contributed by atoms with Crippen LogP contribution < -0.4 is 4.74 Å². The fraction of sp³-hybridized carbons (Fsp3) is 0.286. The smallest absolute Gasteiger partial charge is 0.122 e. The van der Waals surface area contributed by atoms with Crippen molar-refractivity contribution < 1.29 is 9.84 Å². The third-order valence-corrected chi connectivity index (χ3v) is 4.41. The molecule has 0 aliphatic heterocycles. The highest BCUT2D eigenvalue weighted by Gasteiger charge is 2.11. The number of hydrogen-bond donors (Lipinski definition) is 1. The molecule has 0 radical (unpaired) electrons. The second-order valence-corrected chi connectivity index (χ2v) is 6.39. The first-order valence-electron chi connectivity index (χ1n) is 8.50. The summed E-state index contributed by atoms with van der Waals surface area (Å²) in [7, 11) is 0. The summed E-state index contributed by atoms with van der Waals surface area (Å²) >= 11 is 0. The minimum Gasteiger partial charge on any atom is -0.491 e.